The average Bonchev–Trinajstić information content (AvgIpc) is 3.78. The van der Waals surface area contributed by atoms with E-state index in [9.17, 15) is 13.6 Å². The molecule has 234 valence electrons. The van der Waals surface area contributed by atoms with Crippen LogP contribution in [-0.4, -0.2) is 39.8 Å². The molecular formula is C33H34Cl2F2N2O5. The lowest BCUT2D eigenvalue weighted by atomic mass is 9.58. The molecule has 4 aliphatic carbocycles. The topological polar surface area (TPSA) is 94.7 Å². The number of aryl methyl sites for hydroxylation is 1. The van der Waals surface area contributed by atoms with Gasteiger partial charge in [0.25, 0.3) is 6.43 Å². The normalized spacial score (nSPS) is 23.1. The number of ether oxygens (including phenoxy) is 2. The van der Waals surface area contributed by atoms with Crippen molar-refractivity contribution in [2.45, 2.75) is 88.8 Å². The molecule has 3 aromatic rings. The van der Waals surface area contributed by atoms with Crippen LogP contribution in [0.2, 0.25) is 10.0 Å². The lowest BCUT2D eigenvalue weighted by Gasteiger charge is -2.52. The minimum Gasteiger partial charge on any atom is -0.487 e. The van der Waals surface area contributed by atoms with Crippen LogP contribution < -0.4 is 4.74 Å². The van der Waals surface area contributed by atoms with Gasteiger partial charge in [0.15, 0.2) is 0 Å². The molecule has 4 fully saturated rings. The highest BCUT2D eigenvalue weighted by Gasteiger charge is 2.48. The van der Waals surface area contributed by atoms with Gasteiger partial charge >= 0.3 is 5.97 Å². The number of fused-ring (bicyclic) bond motifs is 3. The van der Waals surface area contributed by atoms with Gasteiger partial charge in [0, 0.05) is 35.9 Å². The van der Waals surface area contributed by atoms with Crippen LogP contribution in [0, 0.1) is 5.41 Å². The zero-order valence-corrected chi connectivity index (χ0v) is 25.7. The van der Waals surface area contributed by atoms with Crippen molar-refractivity contribution in [3.05, 3.63) is 69.2 Å². The first-order valence-corrected chi connectivity index (χ1v) is 15.8. The Morgan fingerprint density at radius 2 is 1.82 bits per heavy atom. The van der Waals surface area contributed by atoms with Crippen molar-refractivity contribution < 1.29 is 32.7 Å². The number of hydrogen-bond acceptors (Lipinski definition) is 6. The average molecular weight is 648 g/mol. The molecule has 44 heavy (non-hydrogen) atoms. The molecule has 2 aromatic heterocycles. The maximum absolute atomic E-state index is 12.7. The van der Waals surface area contributed by atoms with Gasteiger partial charge in [-0.1, -0.05) is 46.6 Å². The number of carboxylic acids is 1. The summed E-state index contributed by atoms with van der Waals surface area (Å²) in [7, 11) is 0. The smallest absolute Gasteiger partial charge is 0.303 e. The lowest BCUT2D eigenvalue weighted by molar-refractivity contribution is -0.137. The second kappa shape index (κ2) is 12.8. The number of hydrogen-bond donors (Lipinski definition) is 1. The molecule has 0 amide bonds. The van der Waals surface area contributed by atoms with E-state index in [1.807, 2.05) is 12.1 Å². The highest BCUT2D eigenvalue weighted by atomic mass is 35.5. The molecule has 1 aromatic carbocycles. The molecule has 1 N–H and O–H groups in total. The van der Waals surface area contributed by atoms with Crippen molar-refractivity contribution in [3.63, 3.8) is 0 Å². The van der Waals surface area contributed by atoms with E-state index >= 15 is 0 Å². The van der Waals surface area contributed by atoms with Gasteiger partial charge in [-0.2, -0.15) is 0 Å². The first-order valence-electron chi connectivity index (χ1n) is 15.0. The van der Waals surface area contributed by atoms with Gasteiger partial charge in [-0.3, -0.25) is 9.78 Å². The molecule has 2 bridgehead atoms. The molecule has 0 atom stereocenters. The van der Waals surface area contributed by atoms with Crippen molar-refractivity contribution >= 4 is 35.2 Å². The Labute approximate surface area is 264 Å². The number of aromatic nitrogens is 2. The van der Waals surface area contributed by atoms with Gasteiger partial charge in [-0.05, 0) is 86.5 Å². The molecule has 7 rings (SSSR count). The maximum Gasteiger partial charge on any atom is 0.303 e. The summed E-state index contributed by atoms with van der Waals surface area (Å²) in [5, 5.41) is 14.3. The highest BCUT2D eigenvalue weighted by molar-refractivity contribution is 6.38. The molecule has 0 aliphatic heterocycles. The van der Waals surface area contributed by atoms with E-state index in [1.54, 1.807) is 18.5 Å². The van der Waals surface area contributed by atoms with E-state index < -0.39 is 19.0 Å². The van der Waals surface area contributed by atoms with Crippen molar-refractivity contribution in [3.8, 4) is 17.0 Å². The fraction of sp³-hybridized carbons (Fsp3) is 0.485. The number of pyridine rings is 1. The van der Waals surface area contributed by atoms with Crippen LogP contribution in [0.25, 0.3) is 17.3 Å². The van der Waals surface area contributed by atoms with Crippen LogP contribution >= 0.6 is 23.2 Å². The van der Waals surface area contributed by atoms with E-state index in [0.717, 1.165) is 68.3 Å². The van der Waals surface area contributed by atoms with E-state index in [-0.39, 0.29) is 23.9 Å². The molecule has 7 nitrogen and oxygen atoms in total. The van der Waals surface area contributed by atoms with E-state index in [1.165, 1.54) is 0 Å². The third-order valence-corrected chi connectivity index (χ3v) is 9.88. The Balaban J connectivity index is 1.13. The van der Waals surface area contributed by atoms with Gasteiger partial charge in [-0.15, -0.1) is 0 Å². The molecule has 2 heterocycles. The number of benzene rings is 1. The van der Waals surface area contributed by atoms with E-state index in [0.29, 0.717) is 45.1 Å². The van der Waals surface area contributed by atoms with Gasteiger partial charge in [0.1, 0.15) is 23.8 Å². The number of halogens is 4. The van der Waals surface area contributed by atoms with E-state index in [2.05, 4.69) is 22.3 Å². The summed E-state index contributed by atoms with van der Waals surface area (Å²) in [5.41, 5.74) is 3.49. The van der Waals surface area contributed by atoms with Crippen LogP contribution in [0.3, 0.4) is 0 Å². The fourth-order valence-corrected chi connectivity index (χ4v) is 7.08. The monoisotopic (exact) mass is 646 g/mol. The number of aliphatic carboxylic acids is 1. The maximum atomic E-state index is 12.7. The standard InChI is InChI=1S/C33H34Cl2F2N2O5/c34-24-16-38-17-25(35)29(24)30-23(31(44-39-30)21-2-3-21)18-43-33-12-9-32(10-13-33,11-14-33)8-7-20-1-5-26(42-19-27(36)37)22(15-20)4-6-28(40)41/h1,5,7-8,15-17,21,27H,2-4,6,9-14,18-19H2,(H,40,41)/b8-7+. The summed E-state index contributed by atoms with van der Waals surface area (Å²) in [6, 6.07) is 5.32. The predicted molar refractivity (Wildman–Crippen MR) is 162 cm³/mol. The summed E-state index contributed by atoms with van der Waals surface area (Å²) in [6.07, 6.45) is 12.8. The number of alkyl halides is 2. The molecule has 0 radical (unpaired) electrons. The Bertz CT molecular complexity index is 1510. The highest BCUT2D eigenvalue weighted by Crippen LogP contribution is 2.55. The largest absolute Gasteiger partial charge is 0.487 e. The first-order chi connectivity index (χ1) is 21.2. The quantitative estimate of drug-likeness (QED) is 0.198. The van der Waals surface area contributed by atoms with Crippen LogP contribution in [0.5, 0.6) is 5.75 Å². The first kappa shape index (κ1) is 31.0. The third-order valence-electron chi connectivity index (χ3n) is 9.30. The van der Waals surface area contributed by atoms with Crippen molar-refractivity contribution in [1.29, 1.82) is 0 Å². The summed E-state index contributed by atoms with van der Waals surface area (Å²) in [6.45, 7) is -0.352. The van der Waals surface area contributed by atoms with Gasteiger partial charge in [-0.25, -0.2) is 8.78 Å². The molecule has 0 saturated heterocycles. The molecule has 0 spiro atoms. The SMILES string of the molecule is O=C(O)CCc1cc(/C=C/C23CCC(OCc4c(-c5c(Cl)cncc5Cl)noc4C4CC4)(CC2)CC3)ccc1OCC(F)F. The molecule has 4 aliphatic rings. The van der Waals surface area contributed by atoms with Crippen LogP contribution in [-0.2, 0) is 22.6 Å². The number of nitrogens with zero attached hydrogens (tertiary/aromatic N) is 2. The zero-order chi connectivity index (χ0) is 30.9. The summed E-state index contributed by atoms with van der Waals surface area (Å²) < 4.78 is 43.2. The Hall–Kier alpha value is -3.01. The van der Waals surface area contributed by atoms with Crippen LogP contribution in [0.15, 0.2) is 41.2 Å². The molecule has 4 saturated carbocycles. The minimum atomic E-state index is -2.60. The lowest BCUT2D eigenvalue weighted by Crippen LogP contribution is -2.46. The third kappa shape index (κ3) is 6.80. The number of carboxylic acid groups (broad SMARTS) is 1. The Morgan fingerprint density at radius 1 is 1.11 bits per heavy atom. The Morgan fingerprint density at radius 3 is 2.45 bits per heavy atom. The fourth-order valence-electron chi connectivity index (χ4n) is 6.54. The molecular weight excluding hydrogens is 613 g/mol. The number of allylic oxidation sites excluding steroid dienone is 1. The van der Waals surface area contributed by atoms with E-state index in [4.69, 9.17) is 42.3 Å². The number of carbonyl (C=O) groups is 1. The van der Waals surface area contributed by atoms with Crippen molar-refractivity contribution in [2.75, 3.05) is 6.61 Å². The van der Waals surface area contributed by atoms with Crippen LogP contribution in [0.1, 0.15) is 86.2 Å². The Kier molecular flexibility index (Phi) is 9.00. The summed E-state index contributed by atoms with van der Waals surface area (Å²) in [4.78, 5) is 15.2. The van der Waals surface area contributed by atoms with Gasteiger partial charge in [0.05, 0.1) is 22.3 Å². The number of rotatable bonds is 13. The second-order valence-electron chi connectivity index (χ2n) is 12.3. The predicted octanol–water partition coefficient (Wildman–Crippen LogP) is 8.90. The summed E-state index contributed by atoms with van der Waals surface area (Å²) in [5.74, 6) is 0.552. The molecule has 11 heteroatoms. The van der Waals surface area contributed by atoms with Crippen molar-refractivity contribution in [2.24, 2.45) is 5.41 Å². The molecule has 0 unspecified atom stereocenters. The summed E-state index contributed by atoms with van der Waals surface area (Å²) >= 11 is 13.0. The second-order valence-corrected chi connectivity index (χ2v) is 13.1. The van der Waals surface area contributed by atoms with Crippen LogP contribution in [0.4, 0.5) is 8.78 Å². The van der Waals surface area contributed by atoms with Gasteiger partial charge in [0.2, 0.25) is 0 Å². The van der Waals surface area contributed by atoms with Crippen molar-refractivity contribution in [1.82, 2.24) is 10.1 Å². The zero-order valence-electron chi connectivity index (χ0n) is 24.2. The minimum absolute atomic E-state index is 0.0524. The van der Waals surface area contributed by atoms with Gasteiger partial charge < -0.3 is 19.1 Å².